The normalized spacial score (nSPS) is 11.3. The highest BCUT2D eigenvalue weighted by Crippen LogP contribution is 2.23. The van der Waals surface area contributed by atoms with Gasteiger partial charge in [-0.3, -0.25) is 4.79 Å². The average molecular weight is 246 g/mol. The van der Waals surface area contributed by atoms with Crippen molar-refractivity contribution in [2.45, 2.75) is 25.9 Å². The summed E-state index contributed by atoms with van der Waals surface area (Å²) in [6.07, 6.45) is -6.03. The molecule has 0 aliphatic carbocycles. The summed E-state index contributed by atoms with van der Waals surface area (Å²) < 4.78 is 35.7. The van der Waals surface area contributed by atoms with Gasteiger partial charge in [0, 0.05) is 17.8 Å². The average Bonchev–Trinajstić information content (AvgIpc) is 2.21. The van der Waals surface area contributed by atoms with E-state index >= 15 is 0 Å². The lowest BCUT2D eigenvalue weighted by Crippen LogP contribution is -2.17. The molecule has 0 spiro atoms. The monoisotopic (exact) mass is 246 g/mol. The van der Waals surface area contributed by atoms with Gasteiger partial charge in [0.2, 0.25) is 5.91 Å². The van der Waals surface area contributed by atoms with Crippen LogP contribution in [0.2, 0.25) is 0 Å². The van der Waals surface area contributed by atoms with Crippen molar-refractivity contribution in [3.05, 3.63) is 23.8 Å². The van der Waals surface area contributed by atoms with Crippen LogP contribution in [0.3, 0.4) is 0 Å². The third-order valence-corrected chi connectivity index (χ3v) is 2.29. The smallest absolute Gasteiger partial charge is 0.389 e. The molecule has 0 aliphatic rings. The van der Waals surface area contributed by atoms with E-state index < -0.39 is 24.9 Å². The molecular weight excluding hydrogens is 233 g/mol. The molecule has 17 heavy (non-hydrogen) atoms. The van der Waals surface area contributed by atoms with E-state index in [-0.39, 0.29) is 0 Å². The molecule has 1 amide bonds. The van der Waals surface area contributed by atoms with Crippen LogP contribution >= 0.6 is 0 Å². The van der Waals surface area contributed by atoms with Gasteiger partial charge in [-0.15, -0.1) is 0 Å². The molecule has 0 aliphatic heterocycles. The number of hydrogen-bond acceptors (Lipinski definition) is 2. The molecule has 0 aromatic heterocycles. The SMILES string of the molecule is Cc1c(N)cccc1NC(=O)CCC(F)(F)F. The second-order valence-corrected chi connectivity index (χ2v) is 3.68. The third kappa shape index (κ3) is 4.34. The molecule has 3 N–H and O–H groups in total. The fourth-order valence-corrected chi connectivity index (χ4v) is 1.26. The van der Waals surface area contributed by atoms with Crippen LogP contribution < -0.4 is 11.1 Å². The van der Waals surface area contributed by atoms with Crippen molar-refractivity contribution in [2.24, 2.45) is 0 Å². The standard InChI is InChI=1S/C11H13F3N2O/c1-7-8(15)3-2-4-9(7)16-10(17)5-6-11(12,13)14/h2-4H,5-6,15H2,1H3,(H,16,17). The van der Waals surface area contributed by atoms with Crippen molar-refractivity contribution in [3.63, 3.8) is 0 Å². The molecule has 0 fully saturated rings. The van der Waals surface area contributed by atoms with Gasteiger partial charge >= 0.3 is 6.18 Å². The molecular formula is C11H13F3N2O. The highest BCUT2D eigenvalue weighted by atomic mass is 19.4. The van der Waals surface area contributed by atoms with Crippen LogP contribution in [0.4, 0.5) is 24.5 Å². The van der Waals surface area contributed by atoms with Crippen molar-refractivity contribution in [2.75, 3.05) is 11.1 Å². The van der Waals surface area contributed by atoms with Gasteiger partial charge in [0.15, 0.2) is 0 Å². The topological polar surface area (TPSA) is 55.1 Å². The number of anilines is 2. The lowest BCUT2D eigenvalue weighted by molar-refractivity contribution is -0.142. The van der Waals surface area contributed by atoms with E-state index in [0.29, 0.717) is 16.9 Å². The van der Waals surface area contributed by atoms with Gasteiger partial charge in [0.05, 0.1) is 6.42 Å². The van der Waals surface area contributed by atoms with E-state index in [0.717, 1.165) is 0 Å². The predicted molar refractivity (Wildman–Crippen MR) is 59.5 cm³/mol. The zero-order valence-corrected chi connectivity index (χ0v) is 9.27. The molecule has 0 saturated heterocycles. The largest absolute Gasteiger partial charge is 0.398 e. The summed E-state index contributed by atoms with van der Waals surface area (Å²) >= 11 is 0. The number of nitrogens with one attached hydrogen (secondary N) is 1. The summed E-state index contributed by atoms with van der Waals surface area (Å²) in [5.41, 5.74) is 7.18. The van der Waals surface area contributed by atoms with Gasteiger partial charge < -0.3 is 11.1 Å². The molecule has 6 heteroatoms. The summed E-state index contributed by atoms with van der Waals surface area (Å²) in [4.78, 5) is 11.3. The van der Waals surface area contributed by atoms with E-state index in [1.165, 1.54) is 0 Å². The van der Waals surface area contributed by atoms with Gasteiger partial charge in [0.1, 0.15) is 0 Å². The van der Waals surface area contributed by atoms with Crippen LogP contribution in [0, 0.1) is 6.92 Å². The quantitative estimate of drug-likeness (QED) is 0.806. The van der Waals surface area contributed by atoms with Crippen molar-refractivity contribution >= 4 is 17.3 Å². The van der Waals surface area contributed by atoms with Crippen LogP contribution in [0.15, 0.2) is 18.2 Å². The van der Waals surface area contributed by atoms with E-state index in [1.807, 2.05) is 0 Å². The number of amides is 1. The Kier molecular flexibility index (Phi) is 3.98. The molecule has 0 bridgehead atoms. The highest BCUT2D eigenvalue weighted by Gasteiger charge is 2.27. The third-order valence-electron chi connectivity index (χ3n) is 2.29. The van der Waals surface area contributed by atoms with Gasteiger partial charge in [0.25, 0.3) is 0 Å². The summed E-state index contributed by atoms with van der Waals surface area (Å²) in [6, 6.07) is 4.87. The Morgan fingerprint density at radius 2 is 2.06 bits per heavy atom. The minimum absolute atomic E-state index is 0.442. The maximum absolute atomic E-state index is 11.9. The molecule has 0 unspecified atom stereocenters. The van der Waals surface area contributed by atoms with Crippen LogP contribution in [-0.4, -0.2) is 12.1 Å². The van der Waals surface area contributed by atoms with Gasteiger partial charge in [-0.25, -0.2) is 0 Å². The molecule has 0 saturated carbocycles. The number of nitrogens with two attached hydrogens (primary N) is 1. The van der Waals surface area contributed by atoms with E-state index in [4.69, 9.17) is 5.73 Å². The van der Waals surface area contributed by atoms with Crippen molar-refractivity contribution in [1.82, 2.24) is 0 Å². The Labute approximate surface area is 96.8 Å². The Morgan fingerprint density at radius 1 is 1.41 bits per heavy atom. The van der Waals surface area contributed by atoms with Gasteiger partial charge in [-0.1, -0.05) is 6.07 Å². The van der Waals surface area contributed by atoms with Crippen LogP contribution in [-0.2, 0) is 4.79 Å². The molecule has 0 atom stereocenters. The predicted octanol–water partition coefficient (Wildman–Crippen LogP) is 2.86. The molecule has 0 heterocycles. The first-order chi connectivity index (χ1) is 7.79. The van der Waals surface area contributed by atoms with E-state index in [1.54, 1.807) is 25.1 Å². The number of carbonyl (C=O) groups excluding carboxylic acids is 1. The number of hydrogen-bond donors (Lipinski definition) is 2. The Hall–Kier alpha value is -1.72. The van der Waals surface area contributed by atoms with E-state index in [9.17, 15) is 18.0 Å². The molecule has 3 nitrogen and oxygen atoms in total. The molecule has 1 aromatic carbocycles. The number of halogens is 3. The Morgan fingerprint density at radius 3 is 2.65 bits per heavy atom. The number of nitrogen functional groups attached to an aromatic ring is 1. The maximum atomic E-state index is 11.9. The molecule has 94 valence electrons. The van der Waals surface area contributed by atoms with Crippen molar-refractivity contribution < 1.29 is 18.0 Å². The Bertz CT molecular complexity index is 416. The van der Waals surface area contributed by atoms with Gasteiger partial charge in [-0.05, 0) is 24.6 Å². The number of benzene rings is 1. The molecule has 0 radical (unpaired) electrons. The second kappa shape index (κ2) is 5.07. The summed E-state index contributed by atoms with van der Waals surface area (Å²) in [7, 11) is 0. The fourth-order valence-electron chi connectivity index (χ4n) is 1.26. The number of carbonyl (C=O) groups is 1. The first-order valence-electron chi connectivity index (χ1n) is 5.01. The summed E-state index contributed by atoms with van der Waals surface area (Å²) in [5, 5.41) is 2.40. The lowest BCUT2D eigenvalue weighted by atomic mass is 10.1. The molecule has 1 aromatic rings. The van der Waals surface area contributed by atoms with E-state index in [2.05, 4.69) is 5.32 Å². The highest BCUT2D eigenvalue weighted by molar-refractivity contribution is 5.92. The van der Waals surface area contributed by atoms with Crippen LogP contribution in [0.1, 0.15) is 18.4 Å². The number of alkyl halides is 3. The van der Waals surface area contributed by atoms with Crippen LogP contribution in [0.25, 0.3) is 0 Å². The van der Waals surface area contributed by atoms with Gasteiger partial charge in [-0.2, -0.15) is 13.2 Å². The summed E-state index contributed by atoms with van der Waals surface area (Å²) in [5.74, 6) is -0.670. The first kappa shape index (κ1) is 13.3. The maximum Gasteiger partial charge on any atom is 0.389 e. The zero-order chi connectivity index (χ0) is 13.1. The van der Waals surface area contributed by atoms with Crippen molar-refractivity contribution in [3.8, 4) is 0 Å². The summed E-state index contributed by atoms with van der Waals surface area (Å²) in [6.45, 7) is 1.69. The Balaban J connectivity index is 2.60. The van der Waals surface area contributed by atoms with Crippen LogP contribution in [0.5, 0.6) is 0 Å². The lowest BCUT2D eigenvalue weighted by Gasteiger charge is -2.10. The molecule has 1 rings (SSSR count). The zero-order valence-electron chi connectivity index (χ0n) is 9.27. The van der Waals surface area contributed by atoms with Crippen molar-refractivity contribution in [1.29, 1.82) is 0 Å². The minimum atomic E-state index is -4.32. The fraction of sp³-hybridized carbons (Fsp3) is 0.364. The first-order valence-corrected chi connectivity index (χ1v) is 5.01. The number of rotatable bonds is 3. The second-order valence-electron chi connectivity index (χ2n) is 3.68. The minimum Gasteiger partial charge on any atom is -0.398 e.